The Bertz CT molecular complexity index is 451. The van der Waals surface area contributed by atoms with E-state index in [4.69, 9.17) is 5.73 Å². The summed E-state index contributed by atoms with van der Waals surface area (Å²) in [4.78, 5) is 0. The maximum Gasteiger partial charge on any atom is 0.134 e. The van der Waals surface area contributed by atoms with Gasteiger partial charge in [-0.3, -0.25) is 0 Å². The first kappa shape index (κ1) is 9.16. The molecule has 0 aliphatic carbocycles. The normalized spacial score (nSPS) is 10.7. The van der Waals surface area contributed by atoms with Crippen LogP contribution in [0, 0.1) is 5.82 Å². The highest BCUT2D eigenvalue weighted by Crippen LogP contribution is 2.20. The van der Waals surface area contributed by atoms with Crippen molar-refractivity contribution >= 4 is 10.8 Å². The van der Waals surface area contributed by atoms with Crippen molar-refractivity contribution in [3.63, 3.8) is 0 Å². The van der Waals surface area contributed by atoms with Gasteiger partial charge in [-0.25, -0.2) is 4.39 Å². The van der Waals surface area contributed by atoms with Crippen LogP contribution in [-0.4, -0.2) is 6.54 Å². The standard InChI is InChI=1S/C12H12FN/c13-12-10(7-8-14)6-5-9-3-1-2-4-11(9)12/h1-6H,7-8,14H2. The highest BCUT2D eigenvalue weighted by atomic mass is 19.1. The van der Waals surface area contributed by atoms with Gasteiger partial charge in [0.15, 0.2) is 0 Å². The molecule has 2 N–H and O–H groups in total. The second-order valence-electron chi connectivity index (χ2n) is 3.30. The first-order valence-electron chi connectivity index (χ1n) is 4.69. The minimum absolute atomic E-state index is 0.131. The van der Waals surface area contributed by atoms with E-state index in [1.807, 2.05) is 30.3 Å². The Kier molecular flexibility index (Phi) is 2.46. The molecule has 0 atom stereocenters. The lowest BCUT2D eigenvalue weighted by Gasteiger charge is -2.04. The summed E-state index contributed by atoms with van der Waals surface area (Å²) in [6.45, 7) is 0.481. The third kappa shape index (κ3) is 1.49. The fourth-order valence-corrected chi connectivity index (χ4v) is 1.63. The van der Waals surface area contributed by atoms with Crippen LogP contribution in [0.4, 0.5) is 4.39 Å². The molecule has 0 saturated heterocycles. The Hall–Kier alpha value is -1.41. The summed E-state index contributed by atoms with van der Waals surface area (Å²) < 4.78 is 13.8. The predicted octanol–water partition coefficient (Wildman–Crippen LogP) is 2.48. The van der Waals surface area contributed by atoms with Gasteiger partial charge >= 0.3 is 0 Å². The number of hydrogen-bond acceptors (Lipinski definition) is 1. The molecule has 0 aliphatic rings. The largest absolute Gasteiger partial charge is 0.330 e. The minimum Gasteiger partial charge on any atom is -0.330 e. The Morgan fingerprint density at radius 2 is 1.86 bits per heavy atom. The van der Waals surface area contributed by atoms with Crippen molar-refractivity contribution < 1.29 is 4.39 Å². The van der Waals surface area contributed by atoms with E-state index < -0.39 is 0 Å². The molecule has 2 rings (SSSR count). The third-order valence-corrected chi connectivity index (χ3v) is 2.36. The molecule has 2 heteroatoms. The van der Waals surface area contributed by atoms with Crippen molar-refractivity contribution in [2.24, 2.45) is 5.73 Å². The van der Waals surface area contributed by atoms with E-state index in [1.54, 1.807) is 6.07 Å². The molecule has 0 aromatic heterocycles. The molecule has 0 fully saturated rings. The van der Waals surface area contributed by atoms with Gasteiger partial charge in [0, 0.05) is 5.39 Å². The van der Waals surface area contributed by atoms with Crippen LogP contribution in [0.25, 0.3) is 10.8 Å². The Labute approximate surface area is 82.3 Å². The Morgan fingerprint density at radius 1 is 1.07 bits per heavy atom. The van der Waals surface area contributed by atoms with Gasteiger partial charge in [-0.05, 0) is 23.9 Å². The van der Waals surface area contributed by atoms with Crippen molar-refractivity contribution in [1.82, 2.24) is 0 Å². The molecular weight excluding hydrogens is 177 g/mol. The average Bonchev–Trinajstić information content (AvgIpc) is 2.23. The van der Waals surface area contributed by atoms with Gasteiger partial charge in [-0.2, -0.15) is 0 Å². The summed E-state index contributed by atoms with van der Waals surface area (Å²) in [5, 5.41) is 1.62. The zero-order chi connectivity index (χ0) is 9.97. The van der Waals surface area contributed by atoms with E-state index >= 15 is 0 Å². The van der Waals surface area contributed by atoms with Crippen LogP contribution >= 0.6 is 0 Å². The molecule has 0 spiro atoms. The molecule has 0 saturated carbocycles. The fourth-order valence-electron chi connectivity index (χ4n) is 1.63. The van der Waals surface area contributed by atoms with Gasteiger partial charge in [0.2, 0.25) is 0 Å². The predicted molar refractivity (Wildman–Crippen MR) is 56.7 cm³/mol. The fraction of sp³-hybridized carbons (Fsp3) is 0.167. The number of nitrogens with two attached hydrogens (primary N) is 1. The lowest BCUT2D eigenvalue weighted by atomic mass is 10.0. The van der Waals surface area contributed by atoms with Gasteiger partial charge in [0.25, 0.3) is 0 Å². The van der Waals surface area contributed by atoms with Gasteiger partial charge in [0.1, 0.15) is 5.82 Å². The second-order valence-corrected chi connectivity index (χ2v) is 3.30. The summed E-state index contributed by atoms with van der Waals surface area (Å²) in [7, 11) is 0. The Morgan fingerprint density at radius 3 is 2.64 bits per heavy atom. The molecular formula is C12H12FN. The molecule has 0 heterocycles. The van der Waals surface area contributed by atoms with Crippen LogP contribution in [0.2, 0.25) is 0 Å². The van der Waals surface area contributed by atoms with Gasteiger partial charge in [-0.15, -0.1) is 0 Å². The topological polar surface area (TPSA) is 26.0 Å². The van der Waals surface area contributed by atoms with E-state index in [2.05, 4.69) is 0 Å². The summed E-state index contributed by atoms with van der Waals surface area (Å²) in [5.41, 5.74) is 6.11. The van der Waals surface area contributed by atoms with Gasteiger partial charge < -0.3 is 5.73 Å². The zero-order valence-corrected chi connectivity index (χ0v) is 7.83. The first-order valence-corrected chi connectivity index (χ1v) is 4.69. The zero-order valence-electron chi connectivity index (χ0n) is 7.83. The lowest BCUT2D eigenvalue weighted by Crippen LogP contribution is -2.04. The van der Waals surface area contributed by atoms with Crippen molar-refractivity contribution in [3.05, 3.63) is 47.8 Å². The van der Waals surface area contributed by atoms with Crippen LogP contribution in [0.15, 0.2) is 36.4 Å². The summed E-state index contributed by atoms with van der Waals surface area (Å²) in [5.74, 6) is -0.131. The molecule has 2 aromatic carbocycles. The molecule has 0 unspecified atom stereocenters. The van der Waals surface area contributed by atoms with E-state index in [-0.39, 0.29) is 5.82 Å². The molecule has 2 aromatic rings. The SMILES string of the molecule is NCCc1ccc2ccccc2c1F. The number of halogens is 1. The highest BCUT2D eigenvalue weighted by molar-refractivity contribution is 5.83. The molecule has 0 aliphatic heterocycles. The maximum atomic E-state index is 13.8. The lowest BCUT2D eigenvalue weighted by molar-refractivity contribution is 0.621. The molecule has 0 bridgehead atoms. The number of rotatable bonds is 2. The highest BCUT2D eigenvalue weighted by Gasteiger charge is 2.05. The van der Waals surface area contributed by atoms with E-state index in [9.17, 15) is 4.39 Å². The molecule has 0 radical (unpaired) electrons. The summed E-state index contributed by atoms with van der Waals surface area (Å²) >= 11 is 0. The quantitative estimate of drug-likeness (QED) is 0.771. The van der Waals surface area contributed by atoms with Crippen molar-refractivity contribution in [1.29, 1.82) is 0 Å². The molecule has 72 valence electrons. The second kappa shape index (κ2) is 3.76. The number of hydrogen-bond donors (Lipinski definition) is 1. The van der Waals surface area contributed by atoms with Crippen LogP contribution in [-0.2, 0) is 6.42 Å². The number of fused-ring (bicyclic) bond motifs is 1. The average molecular weight is 189 g/mol. The summed E-state index contributed by atoms with van der Waals surface area (Å²) in [6, 6.07) is 11.2. The van der Waals surface area contributed by atoms with Crippen molar-refractivity contribution in [2.45, 2.75) is 6.42 Å². The van der Waals surface area contributed by atoms with Crippen molar-refractivity contribution in [2.75, 3.05) is 6.54 Å². The Balaban J connectivity index is 2.63. The van der Waals surface area contributed by atoms with Crippen LogP contribution in [0.5, 0.6) is 0 Å². The molecule has 1 nitrogen and oxygen atoms in total. The first-order chi connectivity index (χ1) is 6.83. The van der Waals surface area contributed by atoms with E-state index in [0.717, 1.165) is 5.39 Å². The summed E-state index contributed by atoms with van der Waals surface area (Å²) in [6.07, 6.45) is 0.594. The van der Waals surface area contributed by atoms with Gasteiger partial charge in [-0.1, -0.05) is 36.4 Å². The maximum absolute atomic E-state index is 13.8. The van der Waals surface area contributed by atoms with Crippen LogP contribution in [0.3, 0.4) is 0 Å². The third-order valence-electron chi connectivity index (χ3n) is 2.36. The van der Waals surface area contributed by atoms with E-state index in [1.165, 1.54) is 0 Å². The monoisotopic (exact) mass is 189 g/mol. The smallest absolute Gasteiger partial charge is 0.134 e. The van der Waals surface area contributed by atoms with Crippen LogP contribution < -0.4 is 5.73 Å². The minimum atomic E-state index is -0.131. The van der Waals surface area contributed by atoms with Crippen molar-refractivity contribution in [3.8, 4) is 0 Å². The molecule has 0 amide bonds. The van der Waals surface area contributed by atoms with Gasteiger partial charge in [0.05, 0.1) is 0 Å². The van der Waals surface area contributed by atoms with Crippen LogP contribution in [0.1, 0.15) is 5.56 Å². The number of benzene rings is 2. The molecule has 14 heavy (non-hydrogen) atoms. The van der Waals surface area contributed by atoms with E-state index in [0.29, 0.717) is 23.9 Å².